The number of nitrogens with one attached hydrogen (secondary N) is 3. The van der Waals surface area contributed by atoms with Gasteiger partial charge in [0.25, 0.3) is 0 Å². The van der Waals surface area contributed by atoms with Crippen LogP contribution in [0.2, 0.25) is 0 Å². The summed E-state index contributed by atoms with van der Waals surface area (Å²) in [6, 6.07) is 3.52. The predicted octanol–water partition coefficient (Wildman–Crippen LogP) is 4.19. The summed E-state index contributed by atoms with van der Waals surface area (Å²) in [4.78, 5) is 16.7. The summed E-state index contributed by atoms with van der Waals surface area (Å²) in [5.41, 5.74) is 1.37. The lowest BCUT2D eigenvalue weighted by atomic mass is 9.90. The number of thiocarbonyl (C=S) groups is 1. The number of benzene rings is 1. The molecule has 1 aromatic carbocycles. The molecular weight excluding hydrogens is 452 g/mol. The van der Waals surface area contributed by atoms with E-state index >= 15 is 0 Å². The van der Waals surface area contributed by atoms with Crippen LogP contribution in [0.15, 0.2) is 47.8 Å². The van der Waals surface area contributed by atoms with Crippen molar-refractivity contribution >= 4 is 35.5 Å². The SMILES string of the molecule is C=CN=C/C(=C\C)NC(=S)NC(CC(C)(C)C)NC(=O)/C=C/c1cc(OC)c(OC)c(OC)c1. The summed E-state index contributed by atoms with van der Waals surface area (Å²) < 4.78 is 16.1. The van der Waals surface area contributed by atoms with E-state index in [2.05, 4.69) is 48.3 Å². The van der Waals surface area contributed by atoms with E-state index in [1.54, 1.807) is 38.6 Å². The molecule has 8 nitrogen and oxygen atoms in total. The molecule has 0 fully saturated rings. The van der Waals surface area contributed by atoms with Crippen LogP contribution in [0, 0.1) is 5.41 Å². The summed E-state index contributed by atoms with van der Waals surface area (Å²) in [5.74, 6) is 1.22. The number of ether oxygens (including phenoxy) is 3. The van der Waals surface area contributed by atoms with Gasteiger partial charge >= 0.3 is 0 Å². The number of rotatable bonds is 11. The quantitative estimate of drug-likeness (QED) is 0.186. The molecule has 1 aromatic rings. The molecular formula is C25H36N4O4S. The van der Waals surface area contributed by atoms with Gasteiger partial charge in [0.2, 0.25) is 11.7 Å². The van der Waals surface area contributed by atoms with Crippen LogP contribution < -0.4 is 30.2 Å². The average molecular weight is 489 g/mol. The Kier molecular flexibility index (Phi) is 11.9. The molecule has 186 valence electrons. The number of carbonyl (C=O) groups excluding carboxylic acids is 1. The largest absolute Gasteiger partial charge is 0.493 e. The van der Waals surface area contributed by atoms with Gasteiger partial charge in [0.05, 0.1) is 27.0 Å². The lowest BCUT2D eigenvalue weighted by molar-refractivity contribution is -0.117. The summed E-state index contributed by atoms with van der Waals surface area (Å²) in [5, 5.41) is 9.56. The van der Waals surface area contributed by atoms with Crippen molar-refractivity contribution in [2.75, 3.05) is 21.3 Å². The third kappa shape index (κ3) is 10.1. The van der Waals surface area contributed by atoms with Crippen LogP contribution in [0.3, 0.4) is 0 Å². The molecule has 9 heteroatoms. The smallest absolute Gasteiger partial charge is 0.245 e. The van der Waals surface area contributed by atoms with E-state index in [0.29, 0.717) is 34.5 Å². The summed E-state index contributed by atoms with van der Waals surface area (Å²) >= 11 is 5.43. The third-order valence-electron chi connectivity index (χ3n) is 4.44. The number of carbonyl (C=O) groups is 1. The Labute approximate surface area is 208 Å². The first-order chi connectivity index (χ1) is 16.1. The van der Waals surface area contributed by atoms with Gasteiger partial charge in [-0.3, -0.25) is 9.79 Å². The maximum Gasteiger partial charge on any atom is 0.245 e. The van der Waals surface area contributed by atoms with E-state index in [4.69, 9.17) is 26.4 Å². The first kappa shape index (κ1) is 28.7. The second kappa shape index (κ2) is 14.0. The van der Waals surface area contributed by atoms with E-state index in [-0.39, 0.29) is 11.3 Å². The fraction of sp³-hybridized carbons (Fsp3) is 0.400. The van der Waals surface area contributed by atoms with Crippen molar-refractivity contribution in [3.63, 3.8) is 0 Å². The topological polar surface area (TPSA) is 93.2 Å². The Morgan fingerprint density at radius 1 is 1.15 bits per heavy atom. The highest BCUT2D eigenvalue weighted by Crippen LogP contribution is 2.38. The maximum absolute atomic E-state index is 12.7. The zero-order valence-corrected chi connectivity index (χ0v) is 21.8. The van der Waals surface area contributed by atoms with Crippen molar-refractivity contribution in [3.8, 4) is 17.2 Å². The molecule has 1 rings (SSSR count). The van der Waals surface area contributed by atoms with Gasteiger partial charge < -0.3 is 30.2 Å². The molecule has 0 aliphatic heterocycles. The second-order valence-corrected chi connectivity index (χ2v) is 8.83. The molecule has 0 radical (unpaired) electrons. The zero-order chi connectivity index (χ0) is 25.7. The summed E-state index contributed by atoms with van der Waals surface area (Å²) in [6.45, 7) is 11.7. The number of nitrogens with zero attached hydrogens (tertiary/aromatic N) is 1. The van der Waals surface area contributed by atoms with Crippen molar-refractivity contribution in [1.82, 2.24) is 16.0 Å². The van der Waals surface area contributed by atoms with Gasteiger partial charge in [0.1, 0.15) is 6.17 Å². The first-order valence-corrected chi connectivity index (χ1v) is 11.1. The van der Waals surface area contributed by atoms with Crippen molar-refractivity contribution in [1.29, 1.82) is 0 Å². The molecule has 0 bridgehead atoms. The Morgan fingerprint density at radius 3 is 2.24 bits per heavy atom. The van der Waals surface area contributed by atoms with E-state index in [9.17, 15) is 4.79 Å². The van der Waals surface area contributed by atoms with Crippen LogP contribution >= 0.6 is 12.2 Å². The molecule has 0 heterocycles. The standard InChI is InChI=1S/C25H36N4O4S/c1-9-18(16-26-10-2)27-24(34)29-21(15-25(3,4)5)28-22(30)12-11-17-13-19(31-6)23(33-8)20(14-17)32-7/h9-14,16,21H,2,15H2,1,3-8H3,(H,28,30)(H2,27,29,34)/b12-11+,18-9+,26-16?. The van der Waals surface area contributed by atoms with E-state index in [1.807, 2.05) is 13.0 Å². The monoisotopic (exact) mass is 488 g/mol. The van der Waals surface area contributed by atoms with Gasteiger partial charge in [-0.25, -0.2) is 0 Å². The first-order valence-electron chi connectivity index (χ1n) is 10.7. The number of hydrogen-bond donors (Lipinski definition) is 3. The normalized spacial score (nSPS) is 12.9. The fourth-order valence-electron chi connectivity index (χ4n) is 2.98. The van der Waals surface area contributed by atoms with Crippen molar-refractivity contribution < 1.29 is 19.0 Å². The zero-order valence-electron chi connectivity index (χ0n) is 21.0. The lowest BCUT2D eigenvalue weighted by Crippen LogP contribution is -2.52. The molecule has 1 unspecified atom stereocenters. The third-order valence-corrected chi connectivity index (χ3v) is 4.66. The molecule has 0 aliphatic carbocycles. The lowest BCUT2D eigenvalue weighted by Gasteiger charge is -2.28. The van der Waals surface area contributed by atoms with Crippen molar-refractivity contribution in [2.45, 2.75) is 40.3 Å². The second-order valence-electron chi connectivity index (χ2n) is 8.42. The molecule has 34 heavy (non-hydrogen) atoms. The maximum atomic E-state index is 12.7. The minimum atomic E-state index is -0.397. The highest BCUT2D eigenvalue weighted by atomic mass is 32.1. The minimum Gasteiger partial charge on any atom is -0.493 e. The van der Waals surface area contributed by atoms with Gasteiger partial charge in [-0.05, 0) is 54.7 Å². The van der Waals surface area contributed by atoms with Crippen LogP contribution in [0.25, 0.3) is 6.08 Å². The molecule has 0 saturated carbocycles. The molecule has 0 aromatic heterocycles. The van der Waals surface area contributed by atoms with E-state index in [1.165, 1.54) is 19.4 Å². The Balaban J connectivity index is 2.97. The van der Waals surface area contributed by atoms with Gasteiger partial charge in [0, 0.05) is 18.5 Å². The average Bonchev–Trinajstić information content (AvgIpc) is 2.78. The van der Waals surface area contributed by atoms with Gasteiger partial charge in [-0.2, -0.15) is 0 Å². The Morgan fingerprint density at radius 2 is 1.76 bits per heavy atom. The number of amides is 1. The fourth-order valence-corrected chi connectivity index (χ4v) is 3.24. The minimum absolute atomic E-state index is 0.0608. The Bertz CT molecular complexity index is 924. The highest BCUT2D eigenvalue weighted by molar-refractivity contribution is 7.80. The number of allylic oxidation sites excluding steroid dienone is 2. The highest BCUT2D eigenvalue weighted by Gasteiger charge is 2.21. The van der Waals surface area contributed by atoms with Crippen LogP contribution in [-0.4, -0.2) is 44.7 Å². The number of hydrogen-bond acceptors (Lipinski definition) is 6. The van der Waals surface area contributed by atoms with Crippen LogP contribution in [-0.2, 0) is 4.79 Å². The van der Waals surface area contributed by atoms with Crippen LogP contribution in [0.5, 0.6) is 17.2 Å². The predicted molar refractivity (Wildman–Crippen MR) is 142 cm³/mol. The number of aliphatic imine (C=N–C) groups is 1. The molecule has 0 saturated heterocycles. The Hall–Kier alpha value is -3.33. The molecule has 0 aliphatic rings. The molecule has 1 atom stereocenters. The van der Waals surface area contributed by atoms with Gasteiger partial charge in [0.15, 0.2) is 16.6 Å². The van der Waals surface area contributed by atoms with Gasteiger partial charge in [-0.1, -0.05) is 33.4 Å². The molecule has 0 spiro atoms. The summed E-state index contributed by atoms with van der Waals surface area (Å²) in [6.07, 6.45) is 8.25. The van der Waals surface area contributed by atoms with E-state index in [0.717, 1.165) is 5.56 Å². The summed E-state index contributed by atoms with van der Waals surface area (Å²) in [7, 11) is 4.62. The number of methoxy groups -OCH3 is 3. The molecule has 3 N–H and O–H groups in total. The van der Waals surface area contributed by atoms with Crippen LogP contribution in [0.1, 0.15) is 39.7 Å². The van der Waals surface area contributed by atoms with Crippen molar-refractivity contribution in [2.24, 2.45) is 10.4 Å². The van der Waals surface area contributed by atoms with Gasteiger partial charge in [-0.15, -0.1) is 0 Å². The van der Waals surface area contributed by atoms with E-state index < -0.39 is 6.17 Å². The molecule has 1 amide bonds. The van der Waals surface area contributed by atoms with Crippen LogP contribution in [0.4, 0.5) is 0 Å². The van der Waals surface area contributed by atoms with Crippen molar-refractivity contribution in [3.05, 3.63) is 48.3 Å².